The van der Waals surface area contributed by atoms with E-state index in [2.05, 4.69) is 60.7 Å². The van der Waals surface area contributed by atoms with Crippen molar-refractivity contribution in [3.8, 4) is 0 Å². The predicted octanol–water partition coefficient (Wildman–Crippen LogP) is 6.55. The van der Waals surface area contributed by atoms with Crippen molar-refractivity contribution >= 4 is 33.2 Å². The molecule has 3 aromatic rings. The van der Waals surface area contributed by atoms with Gasteiger partial charge in [-0.25, -0.2) is 4.79 Å². The zero-order chi connectivity index (χ0) is 20.2. The van der Waals surface area contributed by atoms with Crippen molar-refractivity contribution in [1.82, 2.24) is 4.90 Å². The Balaban J connectivity index is 1.62. The summed E-state index contributed by atoms with van der Waals surface area (Å²) in [6.45, 7) is 5.79. The minimum absolute atomic E-state index is 0.122. The summed E-state index contributed by atoms with van der Waals surface area (Å²) in [7, 11) is 0. The predicted molar refractivity (Wildman–Crippen MR) is 119 cm³/mol. The van der Waals surface area contributed by atoms with E-state index in [1.54, 1.807) is 0 Å². The van der Waals surface area contributed by atoms with Gasteiger partial charge in [0.25, 0.3) is 0 Å². The molecule has 5 rings (SSSR count). The van der Waals surface area contributed by atoms with Crippen LogP contribution in [0.1, 0.15) is 45.6 Å². The van der Waals surface area contributed by atoms with Crippen LogP contribution in [0.3, 0.4) is 0 Å². The maximum absolute atomic E-state index is 12.8. The Morgan fingerprint density at radius 3 is 2.17 bits per heavy atom. The van der Waals surface area contributed by atoms with Crippen LogP contribution in [0.15, 0.2) is 60.7 Å². The van der Waals surface area contributed by atoms with E-state index in [4.69, 9.17) is 4.74 Å². The van der Waals surface area contributed by atoms with Gasteiger partial charge in [-0.05, 0) is 78.8 Å². The van der Waals surface area contributed by atoms with Crippen LogP contribution in [0.4, 0.5) is 4.79 Å². The van der Waals surface area contributed by atoms with Gasteiger partial charge in [0.1, 0.15) is 5.60 Å². The second-order valence-electron chi connectivity index (χ2n) is 9.28. The summed E-state index contributed by atoms with van der Waals surface area (Å²) in [5.74, 6) is 0. The molecule has 0 radical (unpaired) electrons. The molecule has 2 unspecified atom stereocenters. The highest BCUT2D eigenvalue weighted by molar-refractivity contribution is 6.09. The summed E-state index contributed by atoms with van der Waals surface area (Å²) >= 11 is 0. The molecule has 3 nitrogen and oxygen atoms in total. The molecule has 3 heteroatoms. The molecule has 0 saturated carbocycles. The van der Waals surface area contributed by atoms with Crippen molar-refractivity contribution in [1.29, 1.82) is 0 Å². The highest BCUT2D eigenvalue weighted by atomic mass is 16.6. The van der Waals surface area contributed by atoms with Gasteiger partial charge < -0.3 is 4.74 Å². The third-order valence-corrected chi connectivity index (χ3v) is 6.09. The van der Waals surface area contributed by atoms with Gasteiger partial charge >= 0.3 is 6.09 Å². The molecule has 2 bridgehead atoms. The first-order valence-corrected chi connectivity index (χ1v) is 10.5. The summed E-state index contributed by atoms with van der Waals surface area (Å²) in [6, 6.07) is 19.9. The first-order chi connectivity index (χ1) is 13.9. The molecule has 0 spiro atoms. The Kier molecular flexibility index (Phi) is 4.16. The van der Waals surface area contributed by atoms with Crippen molar-refractivity contribution in [3.05, 3.63) is 66.2 Å². The summed E-state index contributed by atoms with van der Waals surface area (Å²) in [4.78, 5) is 14.8. The number of ether oxygens (including phenoxy) is 1. The van der Waals surface area contributed by atoms with E-state index in [9.17, 15) is 4.79 Å². The SMILES string of the molecule is CC(C)(C)OC(=O)N1C2C=C(c3c4ccccc4cc4ccccc34)CC1CC2. The Morgan fingerprint density at radius 1 is 0.966 bits per heavy atom. The summed E-state index contributed by atoms with van der Waals surface area (Å²) in [5, 5.41) is 5.12. The van der Waals surface area contributed by atoms with Gasteiger partial charge in [0.15, 0.2) is 0 Å². The Morgan fingerprint density at radius 2 is 1.59 bits per heavy atom. The first kappa shape index (κ1) is 18.2. The highest BCUT2D eigenvalue weighted by Gasteiger charge is 2.42. The summed E-state index contributed by atoms with van der Waals surface area (Å²) < 4.78 is 5.70. The number of rotatable bonds is 1. The minimum atomic E-state index is -0.466. The van der Waals surface area contributed by atoms with Crippen LogP contribution >= 0.6 is 0 Å². The van der Waals surface area contributed by atoms with Gasteiger partial charge in [-0.2, -0.15) is 0 Å². The Bertz CT molecular complexity index is 1080. The molecule has 29 heavy (non-hydrogen) atoms. The van der Waals surface area contributed by atoms with Crippen LogP contribution in [-0.4, -0.2) is 28.7 Å². The standard InChI is InChI=1S/C26H27NO2/c1-26(2,3)29-25(28)27-20-12-13-21(27)16-19(15-20)24-22-10-6-4-8-17(22)14-18-9-5-7-11-23(18)24/h4-11,14-15,20-21H,12-13,16H2,1-3H3. The van der Waals surface area contributed by atoms with Crippen molar-refractivity contribution in [2.24, 2.45) is 0 Å². The fourth-order valence-corrected chi connectivity index (χ4v) is 4.97. The van der Waals surface area contributed by atoms with E-state index >= 15 is 0 Å². The average Bonchev–Trinajstić information content (AvgIpc) is 2.95. The molecule has 148 valence electrons. The highest BCUT2D eigenvalue weighted by Crippen LogP contribution is 2.43. The fraction of sp³-hybridized carbons (Fsp3) is 0.346. The number of carbonyl (C=O) groups excluding carboxylic acids is 1. The Hall–Kier alpha value is -2.81. The molecule has 3 aromatic carbocycles. The molecular formula is C26H27NO2. The van der Waals surface area contributed by atoms with Gasteiger partial charge in [-0.15, -0.1) is 0 Å². The van der Waals surface area contributed by atoms with Gasteiger partial charge in [0, 0.05) is 6.04 Å². The number of benzene rings is 3. The molecule has 2 aliphatic rings. The van der Waals surface area contributed by atoms with Crippen molar-refractivity contribution in [3.63, 3.8) is 0 Å². The van der Waals surface area contributed by atoms with Crippen LogP contribution in [0, 0.1) is 0 Å². The third kappa shape index (κ3) is 3.19. The average molecular weight is 386 g/mol. The second-order valence-corrected chi connectivity index (χ2v) is 9.28. The number of carbonyl (C=O) groups is 1. The summed E-state index contributed by atoms with van der Waals surface area (Å²) in [6.07, 6.45) is 5.07. The minimum Gasteiger partial charge on any atom is -0.444 e. The maximum Gasteiger partial charge on any atom is 0.411 e. The van der Waals surface area contributed by atoms with E-state index < -0.39 is 5.60 Å². The molecule has 1 fully saturated rings. The van der Waals surface area contributed by atoms with E-state index in [0.717, 1.165) is 19.3 Å². The largest absolute Gasteiger partial charge is 0.444 e. The molecule has 2 atom stereocenters. The molecule has 1 amide bonds. The summed E-state index contributed by atoms with van der Waals surface area (Å²) in [5.41, 5.74) is 2.23. The Labute approximate surface area is 172 Å². The van der Waals surface area contributed by atoms with E-state index in [0.29, 0.717) is 0 Å². The molecule has 1 saturated heterocycles. The number of amides is 1. The number of hydrogen-bond donors (Lipinski definition) is 0. The lowest BCUT2D eigenvalue weighted by Gasteiger charge is -2.35. The normalized spacial score (nSPS) is 21.5. The van der Waals surface area contributed by atoms with Gasteiger partial charge in [0.05, 0.1) is 6.04 Å². The zero-order valence-electron chi connectivity index (χ0n) is 17.3. The van der Waals surface area contributed by atoms with Crippen molar-refractivity contribution in [2.75, 3.05) is 0 Å². The maximum atomic E-state index is 12.8. The lowest BCUT2D eigenvalue weighted by Crippen LogP contribution is -2.45. The van der Waals surface area contributed by atoms with Crippen LogP contribution in [0.5, 0.6) is 0 Å². The third-order valence-electron chi connectivity index (χ3n) is 6.09. The lowest BCUT2D eigenvalue weighted by molar-refractivity contribution is 0.0175. The molecule has 0 N–H and O–H groups in total. The quantitative estimate of drug-likeness (QED) is 0.445. The molecular weight excluding hydrogens is 358 g/mol. The monoisotopic (exact) mass is 385 g/mol. The smallest absolute Gasteiger partial charge is 0.411 e. The van der Waals surface area contributed by atoms with E-state index in [1.807, 2.05) is 25.7 Å². The zero-order valence-corrected chi connectivity index (χ0v) is 17.3. The molecule has 0 aliphatic carbocycles. The molecule has 2 heterocycles. The fourth-order valence-electron chi connectivity index (χ4n) is 4.97. The van der Waals surface area contributed by atoms with E-state index in [-0.39, 0.29) is 18.2 Å². The van der Waals surface area contributed by atoms with Crippen LogP contribution < -0.4 is 0 Å². The first-order valence-electron chi connectivity index (χ1n) is 10.5. The van der Waals surface area contributed by atoms with Crippen molar-refractivity contribution in [2.45, 2.75) is 57.7 Å². The van der Waals surface area contributed by atoms with E-state index in [1.165, 1.54) is 32.7 Å². The molecule has 0 aromatic heterocycles. The number of fused-ring (bicyclic) bond motifs is 4. The van der Waals surface area contributed by atoms with Gasteiger partial charge in [-0.3, -0.25) is 4.90 Å². The van der Waals surface area contributed by atoms with Gasteiger partial charge in [-0.1, -0.05) is 54.6 Å². The van der Waals surface area contributed by atoms with Crippen LogP contribution in [0.25, 0.3) is 27.1 Å². The van der Waals surface area contributed by atoms with Crippen LogP contribution in [0.2, 0.25) is 0 Å². The topological polar surface area (TPSA) is 29.5 Å². The van der Waals surface area contributed by atoms with Crippen molar-refractivity contribution < 1.29 is 9.53 Å². The molecule has 2 aliphatic heterocycles. The number of nitrogens with zero attached hydrogens (tertiary/aromatic N) is 1. The number of hydrogen-bond acceptors (Lipinski definition) is 2. The van der Waals surface area contributed by atoms with Crippen LogP contribution in [-0.2, 0) is 4.74 Å². The van der Waals surface area contributed by atoms with Gasteiger partial charge in [0.2, 0.25) is 0 Å². The second kappa shape index (κ2) is 6.62. The lowest BCUT2D eigenvalue weighted by atomic mass is 9.87.